The van der Waals surface area contributed by atoms with Crippen LogP contribution in [0.4, 0.5) is 5.69 Å². The van der Waals surface area contributed by atoms with Crippen LogP contribution < -0.4 is 5.73 Å². The molecule has 1 heterocycles. The van der Waals surface area contributed by atoms with Crippen molar-refractivity contribution in [3.8, 4) is 0 Å². The monoisotopic (exact) mass is 237 g/mol. The van der Waals surface area contributed by atoms with Crippen LogP contribution in [0.1, 0.15) is 17.2 Å². The third kappa shape index (κ3) is 2.38. The number of nitrogen functional groups attached to an aromatic ring is 1. The van der Waals surface area contributed by atoms with E-state index in [-0.39, 0.29) is 0 Å². The van der Waals surface area contributed by atoms with Crippen LogP contribution in [-0.2, 0) is 6.42 Å². The molecule has 0 aliphatic rings. The van der Waals surface area contributed by atoms with E-state index in [1.807, 2.05) is 6.07 Å². The molecule has 2 rings (SSSR count). The first-order valence-electron chi connectivity index (χ1n) is 4.91. The van der Waals surface area contributed by atoms with Gasteiger partial charge < -0.3 is 15.3 Å². The number of rotatable bonds is 3. The molecule has 0 aliphatic carbocycles. The van der Waals surface area contributed by atoms with Crippen molar-refractivity contribution in [3.63, 3.8) is 0 Å². The Labute approximate surface area is 98.5 Å². The smallest absolute Gasteiger partial charge is 0.0935 e. The zero-order valence-electron chi connectivity index (χ0n) is 8.56. The fraction of sp³-hybridized carbons (Fsp3) is 0.167. The Kier molecular flexibility index (Phi) is 3.17. The molecule has 16 heavy (non-hydrogen) atoms. The van der Waals surface area contributed by atoms with E-state index in [0.29, 0.717) is 22.7 Å². The fourth-order valence-electron chi connectivity index (χ4n) is 1.59. The van der Waals surface area contributed by atoms with E-state index in [1.54, 1.807) is 30.7 Å². The molecule has 2 aromatic rings. The lowest BCUT2D eigenvalue weighted by Gasteiger charge is -2.12. The maximum atomic E-state index is 10.00. The highest BCUT2D eigenvalue weighted by Gasteiger charge is 2.12. The number of nitrogens with two attached hydrogens (primary N) is 1. The van der Waals surface area contributed by atoms with Crippen molar-refractivity contribution in [1.29, 1.82) is 0 Å². The Morgan fingerprint density at radius 1 is 1.38 bits per heavy atom. The van der Waals surface area contributed by atoms with Crippen molar-refractivity contribution in [2.24, 2.45) is 0 Å². The lowest BCUT2D eigenvalue weighted by atomic mass is 10.0. The number of benzene rings is 1. The van der Waals surface area contributed by atoms with Gasteiger partial charge in [0.15, 0.2) is 0 Å². The minimum Gasteiger partial charge on any atom is -0.472 e. The average molecular weight is 238 g/mol. The number of hydrogen-bond donors (Lipinski definition) is 2. The summed E-state index contributed by atoms with van der Waals surface area (Å²) in [7, 11) is 0. The van der Waals surface area contributed by atoms with E-state index in [4.69, 9.17) is 21.8 Å². The molecular weight excluding hydrogens is 226 g/mol. The summed E-state index contributed by atoms with van der Waals surface area (Å²) in [6.45, 7) is 0. The topological polar surface area (TPSA) is 59.4 Å². The Balaban J connectivity index is 2.17. The van der Waals surface area contributed by atoms with Crippen molar-refractivity contribution in [3.05, 3.63) is 52.9 Å². The van der Waals surface area contributed by atoms with E-state index in [0.717, 1.165) is 5.56 Å². The molecule has 1 aromatic carbocycles. The van der Waals surface area contributed by atoms with Crippen LogP contribution >= 0.6 is 11.6 Å². The van der Waals surface area contributed by atoms with Crippen LogP contribution in [0.3, 0.4) is 0 Å². The quantitative estimate of drug-likeness (QED) is 0.807. The summed E-state index contributed by atoms with van der Waals surface area (Å²) >= 11 is 5.79. The van der Waals surface area contributed by atoms with Crippen LogP contribution in [0.25, 0.3) is 0 Å². The van der Waals surface area contributed by atoms with Gasteiger partial charge in [0.2, 0.25) is 0 Å². The second-order valence-electron chi connectivity index (χ2n) is 3.62. The summed E-state index contributed by atoms with van der Waals surface area (Å²) in [6.07, 6.45) is 3.01. The summed E-state index contributed by atoms with van der Waals surface area (Å²) in [5, 5.41) is 10.6. The van der Waals surface area contributed by atoms with Crippen molar-refractivity contribution < 1.29 is 9.52 Å². The summed E-state index contributed by atoms with van der Waals surface area (Å²) in [6, 6.07) is 6.90. The minimum absolute atomic E-state index is 0.475. The zero-order chi connectivity index (χ0) is 11.5. The molecule has 1 unspecified atom stereocenters. The number of hydrogen-bond acceptors (Lipinski definition) is 3. The van der Waals surface area contributed by atoms with Crippen molar-refractivity contribution in [2.75, 3.05) is 5.73 Å². The lowest BCUT2D eigenvalue weighted by Crippen LogP contribution is -2.04. The molecule has 0 saturated carbocycles. The third-order valence-corrected chi connectivity index (χ3v) is 2.65. The molecule has 0 amide bonds. The van der Waals surface area contributed by atoms with Gasteiger partial charge in [-0.15, -0.1) is 0 Å². The molecule has 3 nitrogen and oxygen atoms in total. The zero-order valence-corrected chi connectivity index (χ0v) is 9.32. The van der Waals surface area contributed by atoms with Gasteiger partial charge in [0.25, 0.3) is 0 Å². The summed E-state index contributed by atoms with van der Waals surface area (Å²) in [5.74, 6) is 0. The first-order valence-corrected chi connectivity index (χ1v) is 5.28. The normalized spacial score (nSPS) is 12.6. The van der Waals surface area contributed by atoms with Gasteiger partial charge in [-0.2, -0.15) is 0 Å². The molecular formula is C12H12ClNO2. The predicted octanol–water partition coefficient (Wildman–Crippen LogP) is 2.79. The Morgan fingerprint density at radius 2 is 2.19 bits per heavy atom. The van der Waals surface area contributed by atoms with E-state index in [9.17, 15) is 5.11 Å². The van der Waals surface area contributed by atoms with Gasteiger partial charge in [-0.05, 0) is 23.8 Å². The summed E-state index contributed by atoms with van der Waals surface area (Å²) in [5.41, 5.74) is 7.90. The molecule has 1 aromatic heterocycles. The molecule has 0 radical (unpaired) electrons. The van der Waals surface area contributed by atoms with E-state index in [1.165, 1.54) is 0 Å². The molecule has 84 valence electrons. The van der Waals surface area contributed by atoms with Crippen LogP contribution in [-0.4, -0.2) is 5.11 Å². The fourth-order valence-corrected chi connectivity index (χ4v) is 1.77. The van der Waals surface area contributed by atoms with Gasteiger partial charge >= 0.3 is 0 Å². The van der Waals surface area contributed by atoms with Crippen molar-refractivity contribution >= 4 is 17.3 Å². The first-order chi connectivity index (χ1) is 7.66. The number of halogens is 1. The lowest BCUT2D eigenvalue weighted by molar-refractivity contribution is 0.179. The second-order valence-corrected chi connectivity index (χ2v) is 4.06. The summed E-state index contributed by atoms with van der Waals surface area (Å²) in [4.78, 5) is 0. The molecule has 4 heteroatoms. The SMILES string of the molecule is Nc1cc(Cl)ccc1C(O)Cc1ccoc1. The van der Waals surface area contributed by atoms with Gasteiger partial charge in [0, 0.05) is 22.7 Å². The Bertz CT molecular complexity index is 468. The highest BCUT2D eigenvalue weighted by Crippen LogP contribution is 2.26. The third-order valence-electron chi connectivity index (χ3n) is 2.42. The maximum absolute atomic E-state index is 10.00. The average Bonchev–Trinajstić information content (AvgIpc) is 2.70. The highest BCUT2D eigenvalue weighted by molar-refractivity contribution is 6.30. The van der Waals surface area contributed by atoms with Crippen molar-refractivity contribution in [2.45, 2.75) is 12.5 Å². The van der Waals surface area contributed by atoms with Gasteiger partial charge in [0.1, 0.15) is 0 Å². The van der Waals surface area contributed by atoms with Gasteiger partial charge in [-0.25, -0.2) is 0 Å². The van der Waals surface area contributed by atoms with Crippen LogP contribution in [0.2, 0.25) is 5.02 Å². The Hall–Kier alpha value is -1.45. The number of aliphatic hydroxyl groups is 1. The number of aliphatic hydroxyl groups excluding tert-OH is 1. The number of anilines is 1. The van der Waals surface area contributed by atoms with E-state index < -0.39 is 6.10 Å². The van der Waals surface area contributed by atoms with Gasteiger partial charge in [0.05, 0.1) is 18.6 Å². The molecule has 0 fully saturated rings. The van der Waals surface area contributed by atoms with Crippen LogP contribution in [0, 0.1) is 0 Å². The summed E-state index contributed by atoms with van der Waals surface area (Å²) < 4.78 is 4.94. The van der Waals surface area contributed by atoms with Gasteiger partial charge in [-0.1, -0.05) is 17.7 Å². The molecule has 1 atom stereocenters. The maximum Gasteiger partial charge on any atom is 0.0935 e. The molecule has 0 aliphatic heterocycles. The van der Waals surface area contributed by atoms with Crippen LogP contribution in [0.5, 0.6) is 0 Å². The predicted molar refractivity (Wildman–Crippen MR) is 63.2 cm³/mol. The van der Waals surface area contributed by atoms with Gasteiger partial charge in [-0.3, -0.25) is 0 Å². The minimum atomic E-state index is -0.644. The van der Waals surface area contributed by atoms with Crippen LogP contribution in [0.15, 0.2) is 41.2 Å². The molecule has 0 bridgehead atoms. The van der Waals surface area contributed by atoms with E-state index >= 15 is 0 Å². The molecule has 0 spiro atoms. The number of furan rings is 1. The molecule has 3 N–H and O–H groups in total. The standard InChI is InChI=1S/C12H12ClNO2/c13-9-1-2-10(11(14)6-9)12(15)5-8-3-4-16-7-8/h1-4,6-7,12,15H,5,14H2. The second kappa shape index (κ2) is 4.60. The highest BCUT2D eigenvalue weighted by atomic mass is 35.5. The molecule has 0 saturated heterocycles. The largest absolute Gasteiger partial charge is 0.472 e. The van der Waals surface area contributed by atoms with E-state index in [2.05, 4.69) is 0 Å². The van der Waals surface area contributed by atoms with Crippen molar-refractivity contribution in [1.82, 2.24) is 0 Å². The first kappa shape index (κ1) is 11.0. The Morgan fingerprint density at radius 3 is 2.81 bits per heavy atom.